The van der Waals surface area contributed by atoms with Crippen molar-refractivity contribution < 1.29 is 33.9 Å². The van der Waals surface area contributed by atoms with Gasteiger partial charge in [0, 0.05) is 12.8 Å². The van der Waals surface area contributed by atoms with E-state index in [1.807, 2.05) is 125 Å². The van der Waals surface area contributed by atoms with Crippen molar-refractivity contribution in [1.29, 1.82) is 0 Å². The van der Waals surface area contributed by atoms with Crippen LogP contribution in [0.15, 0.2) is 121 Å². The Morgan fingerprint density at radius 3 is 1.17 bits per heavy atom. The maximum absolute atomic E-state index is 14.4. The third-order valence-electron chi connectivity index (χ3n) is 10.6. The van der Waals surface area contributed by atoms with Crippen molar-refractivity contribution in [3.05, 3.63) is 144 Å². The predicted molar refractivity (Wildman–Crippen MR) is 244 cm³/mol. The van der Waals surface area contributed by atoms with E-state index in [-0.39, 0.29) is 43.9 Å². The molecular formula is C50H64N6O7. The van der Waals surface area contributed by atoms with Crippen LogP contribution in [-0.4, -0.2) is 76.9 Å². The molecule has 0 radical (unpaired) electrons. The minimum Gasteiger partial charge on any atom is -0.480 e. The Morgan fingerprint density at radius 1 is 0.429 bits per heavy atom. The average Bonchev–Trinajstić information content (AvgIpc) is 3.26. The van der Waals surface area contributed by atoms with E-state index in [1.165, 1.54) is 0 Å². The van der Waals surface area contributed by atoms with Gasteiger partial charge in [-0.15, -0.1) is 0 Å². The summed E-state index contributed by atoms with van der Waals surface area (Å²) in [5, 5.41) is 24.0. The minimum atomic E-state index is -1.25. The molecule has 0 bridgehead atoms. The summed E-state index contributed by atoms with van der Waals surface area (Å²) in [6.07, 6.45) is 2.05. The summed E-state index contributed by atoms with van der Waals surface area (Å²) in [6, 6.07) is 30.5. The normalized spacial score (nSPS) is 14.0. The molecule has 13 heteroatoms. The lowest BCUT2D eigenvalue weighted by molar-refractivity contribution is -0.142. The SMILES string of the molecule is CC(C)C[C@H](NC(=O)[C@H](CCc1ccccc1)NC(=O)[C@H](Cc1ccccc1)NC(=O)[C@H](CC(C)C)NC(=O)[C@@H](N)CCc1ccccc1)C(=O)N[C@@H](Cc1ccccc1)C(=O)O. The quantitative estimate of drug-likeness (QED) is 0.0497. The number of benzene rings is 4. The second kappa shape index (κ2) is 25.6. The molecule has 63 heavy (non-hydrogen) atoms. The number of hydrogen-bond donors (Lipinski definition) is 7. The van der Waals surface area contributed by atoms with Gasteiger partial charge in [0.1, 0.15) is 30.2 Å². The van der Waals surface area contributed by atoms with Crippen LogP contribution in [0, 0.1) is 11.8 Å². The third-order valence-corrected chi connectivity index (χ3v) is 10.6. The Kier molecular flexibility index (Phi) is 20.0. The van der Waals surface area contributed by atoms with E-state index >= 15 is 0 Å². The zero-order valence-electron chi connectivity index (χ0n) is 36.8. The second-order valence-corrected chi connectivity index (χ2v) is 16.9. The Morgan fingerprint density at radius 2 is 0.746 bits per heavy atom. The summed E-state index contributed by atoms with van der Waals surface area (Å²) >= 11 is 0. The highest BCUT2D eigenvalue weighted by molar-refractivity contribution is 5.96. The first-order chi connectivity index (χ1) is 30.2. The van der Waals surface area contributed by atoms with Gasteiger partial charge in [0.05, 0.1) is 6.04 Å². The number of carbonyl (C=O) groups is 6. The topological polar surface area (TPSA) is 209 Å². The van der Waals surface area contributed by atoms with E-state index in [0.717, 1.165) is 22.3 Å². The van der Waals surface area contributed by atoms with Gasteiger partial charge in [-0.2, -0.15) is 0 Å². The number of nitrogens with one attached hydrogen (secondary N) is 5. The van der Waals surface area contributed by atoms with Crippen molar-refractivity contribution in [3.63, 3.8) is 0 Å². The second-order valence-electron chi connectivity index (χ2n) is 16.9. The molecule has 0 aliphatic carbocycles. The van der Waals surface area contributed by atoms with Crippen molar-refractivity contribution in [2.45, 2.75) is 115 Å². The van der Waals surface area contributed by atoms with E-state index in [4.69, 9.17) is 5.73 Å². The summed E-state index contributed by atoms with van der Waals surface area (Å²) in [5.74, 6) is -4.31. The van der Waals surface area contributed by atoms with Crippen molar-refractivity contribution in [2.24, 2.45) is 17.6 Å². The van der Waals surface area contributed by atoms with Crippen LogP contribution < -0.4 is 32.3 Å². The summed E-state index contributed by atoms with van der Waals surface area (Å²) in [7, 11) is 0. The van der Waals surface area contributed by atoms with Crippen LogP contribution in [0.3, 0.4) is 0 Å². The Hall–Kier alpha value is -6.34. The predicted octanol–water partition coefficient (Wildman–Crippen LogP) is 4.67. The van der Waals surface area contributed by atoms with Crippen LogP contribution >= 0.6 is 0 Å². The number of amides is 5. The molecule has 8 N–H and O–H groups in total. The van der Waals surface area contributed by atoms with Gasteiger partial charge in [0.2, 0.25) is 29.5 Å². The van der Waals surface area contributed by atoms with Crippen LogP contribution in [0.1, 0.15) is 75.6 Å². The number of carbonyl (C=O) groups excluding carboxylic acids is 5. The van der Waals surface area contributed by atoms with E-state index in [9.17, 15) is 33.9 Å². The molecule has 0 saturated heterocycles. The van der Waals surface area contributed by atoms with Crippen LogP contribution in [-0.2, 0) is 54.5 Å². The van der Waals surface area contributed by atoms with E-state index in [1.54, 1.807) is 24.3 Å². The monoisotopic (exact) mass is 860 g/mol. The molecule has 5 amide bonds. The molecule has 0 fully saturated rings. The summed E-state index contributed by atoms with van der Waals surface area (Å²) in [4.78, 5) is 82.3. The van der Waals surface area contributed by atoms with Gasteiger partial charge in [-0.3, -0.25) is 24.0 Å². The van der Waals surface area contributed by atoms with Gasteiger partial charge in [0.15, 0.2) is 0 Å². The first kappa shape index (κ1) is 49.3. The largest absolute Gasteiger partial charge is 0.480 e. The van der Waals surface area contributed by atoms with Crippen molar-refractivity contribution >= 4 is 35.5 Å². The maximum atomic E-state index is 14.4. The van der Waals surface area contributed by atoms with Crippen molar-refractivity contribution in [2.75, 3.05) is 0 Å². The first-order valence-corrected chi connectivity index (χ1v) is 21.8. The molecule has 4 aromatic carbocycles. The highest BCUT2D eigenvalue weighted by Crippen LogP contribution is 2.13. The van der Waals surface area contributed by atoms with E-state index in [0.29, 0.717) is 19.3 Å². The zero-order valence-corrected chi connectivity index (χ0v) is 36.8. The number of aryl methyl sites for hydroxylation is 2. The molecule has 0 aliphatic heterocycles. The van der Waals surface area contributed by atoms with Crippen molar-refractivity contribution in [3.8, 4) is 0 Å². The fraction of sp³-hybridized carbons (Fsp3) is 0.400. The number of nitrogens with two attached hydrogens (primary N) is 1. The van der Waals surface area contributed by atoms with E-state index in [2.05, 4.69) is 26.6 Å². The molecule has 0 aliphatic rings. The fourth-order valence-corrected chi connectivity index (χ4v) is 7.21. The van der Waals surface area contributed by atoms with Gasteiger partial charge in [-0.25, -0.2) is 4.79 Å². The molecule has 4 rings (SSSR count). The Labute approximate surface area is 371 Å². The molecule has 0 aromatic heterocycles. The van der Waals surface area contributed by atoms with Crippen LogP contribution in [0.4, 0.5) is 0 Å². The summed E-state index contributed by atoms with van der Waals surface area (Å²) in [6.45, 7) is 7.60. The molecule has 0 saturated carbocycles. The lowest BCUT2D eigenvalue weighted by Gasteiger charge is -2.28. The molecule has 0 heterocycles. The van der Waals surface area contributed by atoms with Crippen LogP contribution in [0.5, 0.6) is 0 Å². The number of hydrogen-bond acceptors (Lipinski definition) is 7. The summed E-state index contributed by atoms with van der Waals surface area (Å²) in [5.41, 5.74) is 9.71. The van der Waals surface area contributed by atoms with Crippen molar-refractivity contribution in [1.82, 2.24) is 26.6 Å². The van der Waals surface area contributed by atoms with Gasteiger partial charge < -0.3 is 37.4 Å². The lowest BCUT2D eigenvalue weighted by atomic mass is 9.99. The maximum Gasteiger partial charge on any atom is 0.326 e. The third kappa shape index (κ3) is 17.5. The highest BCUT2D eigenvalue weighted by Gasteiger charge is 2.33. The Balaban J connectivity index is 1.56. The van der Waals surface area contributed by atoms with Gasteiger partial charge in [-0.1, -0.05) is 149 Å². The fourth-order valence-electron chi connectivity index (χ4n) is 7.21. The molecule has 6 atom stereocenters. The number of carboxylic acid groups (broad SMARTS) is 1. The summed E-state index contributed by atoms with van der Waals surface area (Å²) < 4.78 is 0. The number of carboxylic acids is 1. The smallest absolute Gasteiger partial charge is 0.326 e. The van der Waals surface area contributed by atoms with Gasteiger partial charge in [0.25, 0.3) is 0 Å². The molecule has 336 valence electrons. The zero-order chi connectivity index (χ0) is 45.7. The van der Waals surface area contributed by atoms with Crippen LogP contribution in [0.2, 0.25) is 0 Å². The lowest BCUT2D eigenvalue weighted by Crippen LogP contribution is -2.60. The van der Waals surface area contributed by atoms with Crippen LogP contribution in [0.25, 0.3) is 0 Å². The first-order valence-electron chi connectivity index (χ1n) is 21.8. The molecule has 4 aromatic rings. The van der Waals surface area contributed by atoms with E-state index < -0.39 is 71.8 Å². The Bertz CT molecular complexity index is 2050. The molecule has 13 nitrogen and oxygen atoms in total. The molecule has 0 unspecified atom stereocenters. The minimum absolute atomic E-state index is 0.00541. The standard InChI is InChI=1S/C50H64N6O7/c1-33(2)29-41(53-45(57)39(51)27-25-35-17-9-5-10-18-35)47(59)55-43(31-37-21-13-7-14-22-37)49(61)52-40(28-26-36-19-11-6-12-20-36)46(58)54-42(30-34(3)4)48(60)56-44(50(62)63)32-38-23-15-8-16-24-38/h5-24,33-34,39-44H,25-32,51H2,1-4H3,(H,52,61)(H,53,57)(H,54,58)(H,55,59)(H,56,60)(H,62,63)/t39-,40-,41-,42-,43-,44-/m0/s1. The molecular weight excluding hydrogens is 797 g/mol. The average molecular weight is 861 g/mol. The number of aliphatic carboxylic acids is 1. The number of rotatable bonds is 25. The van der Waals surface area contributed by atoms with Gasteiger partial charge in [-0.05, 0) is 72.6 Å². The molecule has 0 spiro atoms. The van der Waals surface area contributed by atoms with Gasteiger partial charge >= 0.3 is 5.97 Å². The highest BCUT2D eigenvalue weighted by atomic mass is 16.4.